The van der Waals surface area contributed by atoms with E-state index < -0.39 is 0 Å². The third kappa shape index (κ3) is 4.44. The van der Waals surface area contributed by atoms with E-state index in [1.807, 2.05) is 18.2 Å². The van der Waals surface area contributed by atoms with Crippen LogP contribution >= 0.6 is 0 Å². The average molecular weight is 291 g/mol. The van der Waals surface area contributed by atoms with E-state index in [1.165, 1.54) is 12.8 Å². The molecule has 21 heavy (non-hydrogen) atoms. The van der Waals surface area contributed by atoms with Crippen LogP contribution in [-0.4, -0.2) is 44.1 Å². The molecule has 1 aliphatic heterocycles. The van der Waals surface area contributed by atoms with Gasteiger partial charge >= 0.3 is 0 Å². The molecule has 1 fully saturated rings. The Morgan fingerprint density at radius 1 is 1.48 bits per heavy atom. The summed E-state index contributed by atoms with van der Waals surface area (Å²) in [7, 11) is 3.74. The van der Waals surface area contributed by atoms with Gasteiger partial charge in [0.05, 0.1) is 13.2 Å². The summed E-state index contributed by atoms with van der Waals surface area (Å²) < 4.78 is 11.2. The fourth-order valence-electron chi connectivity index (χ4n) is 2.72. The van der Waals surface area contributed by atoms with Gasteiger partial charge in [-0.3, -0.25) is 10.3 Å². The highest BCUT2D eigenvalue weighted by atomic mass is 16.5. The normalized spacial score (nSPS) is 18.7. The van der Waals surface area contributed by atoms with Gasteiger partial charge in [0.15, 0.2) is 0 Å². The predicted octanol–water partition coefficient (Wildman–Crippen LogP) is 1.98. The highest BCUT2D eigenvalue weighted by molar-refractivity contribution is 5.95. The summed E-state index contributed by atoms with van der Waals surface area (Å²) in [6, 6.07) is 5.62. The third-order valence-corrected chi connectivity index (χ3v) is 3.82. The molecular weight excluding hydrogens is 266 g/mol. The monoisotopic (exact) mass is 291 g/mol. The van der Waals surface area contributed by atoms with Gasteiger partial charge in [-0.15, -0.1) is 0 Å². The summed E-state index contributed by atoms with van der Waals surface area (Å²) in [4.78, 5) is 2.23. The summed E-state index contributed by atoms with van der Waals surface area (Å²) in [5.74, 6) is 0.911. The van der Waals surface area contributed by atoms with Gasteiger partial charge in [-0.1, -0.05) is 0 Å². The summed E-state index contributed by atoms with van der Waals surface area (Å²) in [6.07, 6.45) is 3.89. The zero-order valence-corrected chi connectivity index (χ0v) is 12.9. The zero-order chi connectivity index (χ0) is 15.2. The Labute approximate surface area is 126 Å². The van der Waals surface area contributed by atoms with E-state index in [4.69, 9.17) is 20.6 Å². The van der Waals surface area contributed by atoms with Crippen molar-refractivity contribution in [3.63, 3.8) is 0 Å². The van der Waals surface area contributed by atoms with E-state index in [9.17, 15) is 0 Å². The van der Waals surface area contributed by atoms with Crippen molar-refractivity contribution in [2.45, 2.75) is 31.9 Å². The Morgan fingerprint density at radius 2 is 2.29 bits per heavy atom. The summed E-state index contributed by atoms with van der Waals surface area (Å²) in [5, 5.41) is 7.55. The minimum Gasteiger partial charge on any atom is -0.496 e. The van der Waals surface area contributed by atoms with Crippen molar-refractivity contribution in [3.8, 4) is 5.75 Å². The van der Waals surface area contributed by atoms with Gasteiger partial charge < -0.3 is 15.2 Å². The number of likely N-dealkylation sites (N-methyl/N-ethyl adjacent to an activating group) is 1. The SMILES string of the molecule is COc1ccc(C(=N)N)cc1CN(C)CC1CCCCO1. The average Bonchev–Trinajstić information content (AvgIpc) is 2.48. The van der Waals surface area contributed by atoms with E-state index in [1.54, 1.807) is 7.11 Å². The highest BCUT2D eigenvalue weighted by Crippen LogP contribution is 2.22. The molecule has 1 aliphatic rings. The Hall–Kier alpha value is -1.59. The maximum absolute atomic E-state index is 7.55. The van der Waals surface area contributed by atoms with Crippen molar-refractivity contribution in [2.75, 3.05) is 27.3 Å². The lowest BCUT2D eigenvalue weighted by atomic mass is 10.1. The number of nitrogen functional groups attached to an aromatic ring is 1. The van der Waals surface area contributed by atoms with Gasteiger partial charge in [0, 0.05) is 30.8 Å². The Kier molecular flexibility index (Phi) is 5.59. The topological polar surface area (TPSA) is 71.6 Å². The van der Waals surface area contributed by atoms with Crippen LogP contribution in [0.3, 0.4) is 0 Å². The minimum atomic E-state index is 0.0807. The fraction of sp³-hybridized carbons (Fsp3) is 0.562. The van der Waals surface area contributed by atoms with Crippen LogP contribution < -0.4 is 10.5 Å². The first-order valence-corrected chi connectivity index (χ1v) is 7.41. The van der Waals surface area contributed by atoms with Crippen molar-refractivity contribution < 1.29 is 9.47 Å². The maximum atomic E-state index is 7.55. The number of nitrogens with two attached hydrogens (primary N) is 1. The molecule has 0 aromatic heterocycles. The molecule has 0 saturated carbocycles. The molecule has 0 radical (unpaired) electrons. The smallest absolute Gasteiger partial charge is 0.123 e. The number of hydrogen-bond acceptors (Lipinski definition) is 4. The molecule has 1 saturated heterocycles. The molecule has 2 rings (SSSR count). The second-order valence-corrected chi connectivity index (χ2v) is 5.63. The molecule has 1 heterocycles. The van der Waals surface area contributed by atoms with Gasteiger partial charge in [-0.2, -0.15) is 0 Å². The van der Waals surface area contributed by atoms with Crippen molar-refractivity contribution >= 4 is 5.84 Å². The number of nitrogens with zero attached hydrogens (tertiary/aromatic N) is 1. The quantitative estimate of drug-likeness (QED) is 0.621. The first-order chi connectivity index (χ1) is 10.1. The molecule has 5 heteroatoms. The summed E-state index contributed by atoms with van der Waals surface area (Å²) in [6.45, 7) is 2.54. The van der Waals surface area contributed by atoms with E-state index in [0.29, 0.717) is 6.10 Å². The van der Waals surface area contributed by atoms with Crippen molar-refractivity contribution in [1.29, 1.82) is 5.41 Å². The van der Waals surface area contributed by atoms with Crippen LogP contribution in [0.2, 0.25) is 0 Å². The second kappa shape index (κ2) is 7.43. The summed E-state index contributed by atoms with van der Waals surface area (Å²) >= 11 is 0. The molecule has 5 nitrogen and oxygen atoms in total. The van der Waals surface area contributed by atoms with Crippen LogP contribution in [0.15, 0.2) is 18.2 Å². The number of benzene rings is 1. The molecule has 1 unspecified atom stereocenters. The zero-order valence-electron chi connectivity index (χ0n) is 12.9. The van der Waals surface area contributed by atoms with Gasteiger partial charge in [-0.25, -0.2) is 0 Å². The van der Waals surface area contributed by atoms with Crippen LogP contribution in [0.1, 0.15) is 30.4 Å². The fourth-order valence-corrected chi connectivity index (χ4v) is 2.72. The van der Waals surface area contributed by atoms with Gasteiger partial charge in [-0.05, 0) is 44.5 Å². The highest BCUT2D eigenvalue weighted by Gasteiger charge is 2.17. The first kappa shape index (κ1) is 15.8. The van der Waals surface area contributed by atoms with Crippen LogP contribution in [0, 0.1) is 5.41 Å². The molecule has 1 atom stereocenters. The number of amidine groups is 1. The molecule has 0 amide bonds. The van der Waals surface area contributed by atoms with Gasteiger partial charge in [0.1, 0.15) is 11.6 Å². The predicted molar refractivity (Wildman–Crippen MR) is 83.9 cm³/mol. The number of hydrogen-bond donors (Lipinski definition) is 2. The number of methoxy groups -OCH3 is 1. The van der Waals surface area contributed by atoms with Crippen molar-refractivity contribution in [1.82, 2.24) is 4.90 Å². The number of rotatable bonds is 6. The van der Waals surface area contributed by atoms with Crippen LogP contribution in [0.5, 0.6) is 5.75 Å². The molecule has 0 spiro atoms. The van der Waals surface area contributed by atoms with E-state index in [0.717, 1.165) is 43.0 Å². The largest absolute Gasteiger partial charge is 0.496 e. The third-order valence-electron chi connectivity index (χ3n) is 3.82. The lowest BCUT2D eigenvalue weighted by molar-refractivity contribution is -0.00267. The molecular formula is C16H25N3O2. The molecule has 0 aliphatic carbocycles. The minimum absolute atomic E-state index is 0.0807. The number of nitrogens with one attached hydrogen (secondary N) is 1. The molecule has 1 aromatic rings. The van der Waals surface area contributed by atoms with E-state index >= 15 is 0 Å². The Morgan fingerprint density at radius 3 is 2.90 bits per heavy atom. The molecule has 3 N–H and O–H groups in total. The Bertz CT molecular complexity index is 484. The van der Waals surface area contributed by atoms with Gasteiger partial charge in [0.2, 0.25) is 0 Å². The number of ether oxygens (including phenoxy) is 2. The molecule has 116 valence electrons. The molecule has 1 aromatic carbocycles. The van der Waals surface area contributed by atoms with Gasteiger partial charge in [0.25, 0.3) is 0 Å². The van der Waals surface area contributed by atoms with Crippen LogP contribution in [0.25, 0.3) is 0 Å². The second-order valence-electron chi connectivity index (χ2n) is 5.63. The maximum Gasteiger partial charge on any atom is 0.123 e. The standard InChI is InChI=1S/C16H25N3O2/c1-19(11-14-5-3-4-8-21-14)10-13-9-12(16(17)18)6-7-15(13)20-2/h6-7,9,14H,3-5,8,10-11H2,1-2H3,(H3,17,18). The Balaban J connectivity index is 2.02. The lowest BCUT2D eigenvalue weighted by Gasteiger charge is -2.27. The summed E-state index contributed by atoms with van der Waals surface area (Å²) in [5.41, 5.74) is 7.34. The van der Waals surface area contributed by atoms with Crippen LogP contribution in [0.4, 0.5) is 0 Å². The van der Waals surface area contributed by atoms with Crippen LogP contribution in [-0.2, 0) is 11.3 Å². The van der Waals surface area contributed by atoms with E-state index in [-0.39, 0.29) is 5.84 Å². The van der Waals surface area contributed by atoms with Crippen molar-refractivity contribution in [2.24, 2.45) is 5.73 Å². The first-order valence-electron chi connectivity index (χ1n) is 7.41. The lowest BCUT2D eigenvalue weighted by Crippen LogP contribution is -2.33. The van der Waals surface area contributed by atoms with E-state index in [2.05, 4.69) is 11.9 Å². The molecule has 0 bridgehead atoms. The van der Waals surface area contributed by atoms with Crippen molar-refractivity contribution in [3.05, 3.63) is 29.3 Å².